The Bertz CT molecular complexity index is 665. The molecule has 0 radical (unpaired) electrons. The SMILES string of the molecule is CCN(Cc1ccc2c(c1)OCO2)C(=O)c1ccc(C)s1. The van der Waals surface area contributed by atoms with Crippen LogP contribution in [-0.4, -0.2) is 24.1 Å². The Labute approximate surface area is 127 Å². The Morgan fingerprint density at radius 3 is 2.76 bits per heavy atom. The van der Waals surface area contributed by atoms with Crippen molar-refractivity contribution in [2.75, 3.05) is 13.3 Å². The normalized spacial score (nSPS) is 12.5. The number of amides is 1. The highest BCUT2D eigenvalue weighted by molar-refractivity contribution is 7.13. The van der Waals surface area contributed by atoms with Crippen molar-refractivity contribution in [3.63, 3.8) is 0 Å². The quantitative estimate of drug-likeness (QED) is 0.868. The van der Waals surface area contributed by atoms with Crippen molar-refractivity contribution in [3.8, 4) is 11.5 Å². The standard InChI is InChI=1S/C16H17NO3S/c1-3-17(16(18)15-7-4-11(2)21-15)9-12-5-6-13-14(8-12)20-10-19-13/h4-8H,3,9-10H2,1-2H3. The molecule has 5 heteroatoms. The zero-order valence-corrected chi connectivity index (χ0v) is 12.9. The van der Waals surface area contributed by atoms with E-state index in [1.54, 1.807) is 0 Å². The van der Waals surface area contributed by atoms with E-state index in [2.05, 4.69) is 0 Å². The predicted octanol–water partition coefficient (Wildman–Crippen LogP) is 3.45. The third-order valence-corrected chi connectivity index (χ3v) is 4.42. The zero-order chi connectivity index (χ0) is 14.8. The topological polar surface area (TPSA) is 38.8 Å². The number of ether oxygens (including phenoxy) is 2. The van der Waals surface area contributed by atoms with Gasteiger partial charge in [0, 0.05) is 18.0 Å². The van der Waals surface area contributed by atoms with E-state index in [1.807, 2.05) is 49.1 Å². The van der Waals surface area contributed by atoms with Crippen LogP contribution in [0.1, 0.15) is 27.0 Å². The number of nitrogens with zero attached hydrogens (tertiary/aromatic N) is 1. The van der Waals surface area contributed by atoms with E-state index >= 15 is 0 Å². The molecule has 0 aliphatic carbocycles. The highest BCUT2D eigenvalue weighted by Gasteiger charge is 2.18. The van der Waals surface area contributed by atoms with E-state index < -0.39 is 0 Å². The van der Waals surface area contributed by atoms with Gasteiger partial charge in [-0.05, 0) is 43.7 Å². The molecule has 1 aromatic heterocycles. The molecule has 0 saturated heterocycles. The summed E-state index contributed by atoms with van der Waals surface area (Å²) in [5.74, 6) is 1.60. The number of hydrogen-bond acceptors (Lipinski definition) is 4. The van der Waals surface area contributed by atoms with Crippen LogP contribution < -0.4 is 9.47 Å². The molecule has 4 nitrogen and oxygen atoms in total. The molecule has 1 aliphatic rings. The molecule has 3 rings (SSSR count). The molecule has 110 valence electrons. The number of rotatable bonds is 4. The van der Waals surface area contributed by atoms with Crippen molar-refractivity contribution < 1.29 is 14.3 Å². The second-order valence-corrected chi connectivity index (χ2v) is 6.21. The first-order valence-corrected chi connectivity index (χ1v) is 7.73. The van der Waals surface area contributed by atoms with Crippen LogP contribution in [0.5, 0.6) is 11.5 Å². The zero-order valence-electron chi connectivity index (χ0n) is 12.1. The maximum Gasteiger partial charge on any atom is 0.264 e. The van der Waals surface area contributed by atoms with Crippen LogP contribution in [0.25, 0.3) is 0 Å². The van der Waals surface area contributed by atoms with Crippen molar-refractivity contribution in [3.05, 3.63) is 45.6 Å². The summed E-state index contributed by atoms with van der Waals surface area (Å²) in [6.07, 6.45) is 0. The number of aryl methyl sites for hydroxylation is 1. The third kappa shape index (κ3) is 2.88. The van der Waals surface area contributed by atoms with Gasteiger partial charge >= 0.3 is 0 Å². The lowest BCUT2D eigenvalue weighted by Crippen LogP contribution is -2.29. The molecule has 1 aromatic carbocycles. The molecule has 0 N–H and O–H groups in total. The van der Waals surface area contributed by atoms with Crippen LogP contribution in [0.4, 0.5) is 0 Å². The van der Waals surface area contributed by atoms with Crippen LogP contribution in [0.3, 0.4) is 0 Å². The van der Waals surface area contributed by atoms with E-state index in [9.17, 15) is 4.79 Å². The summed E-state index contributed by atoms with van der Waals surface area (Å²) in [6, 6.07) is 9.68. The molecule has 0 unspecified atom stereocenters. The first-order chi connectivity index (χ1) is 10.2. The summed E-state index contributed by atoms with van der Waals surface area (Å²) in [5.41, 5.74) is 1.04. The van der Waals surface area contributed by atoms with Gasteiger partial charge in [-0.2, -0.15) is 0 Å². The molecule has 2 heterocycles. The van der Waals surface area contributed by atoms with Crippen LogP contribution in [0.15, 0.2) is 30.3 Å². The monoisotopic (exact) mass is 303 g/mol. The Kier molecular flexibility index (Phi) is 3.84. The Morgan fingerprint density at radius 1 is 1.24 bits per heavy atom. The van der Waals surface area contributed by atoms with Gasteiger partial charge in [-0.15, -0.1) is 11.3 Å². The van der Waals surface area contributed by atoms with Crippen molar-refractivity contribution in [2.45, 2.75) is 20.4 Å². The van der Waals surface area contributed by atoms with E-state index in [1.165, 1.54) is 11.3 Å². The molecule has 0 atom stereocenters. The first kappa shape index (κ1) is 13.9. The smallest absolute Gasteiger partial charge is 0.264 e. The minimum atomic E-state index is 0.0771. The molecule has 0 spiro atoms. The van der Waals surface area contributed by atoms with Crippen molar-refractivity contribution in [2.24, 2.45) is 0 Å². The van der Waals surface area contributed by atoms with Gasteiger partial charge in [-0.1, -0.05) is 6.07 Å². The predicted molar refractivity (Wildman–Crippen MR) is 82.0 cm³/mol. The lowest BCUT2D eigenvalue weighted by Gasteiger charge is -2.20. The lowest BCUT2D eigenvalue weighted by atomic mass is 10.2. The summed E-state index contributed by atoms with van der Waals surface area (Å²) < 4.78 is 10.7. The third-order valence-electron chi connectivity index (χ3n) is 3.43. The van der Waals surface area contributed by atoms with Gasteiger partial charge in [-0.3, -0.25) is 4.79 Å². The van der Waals surface area contributed by atoms with Gasteiger partial charge in [0.15, 0.2) is 11.5 Å². The summed E-state index contributed by atoms with van der Waals surface area (Å²) in [5, 5.41) is 0. The summed E-state index contributed by atoms with van der Waals surface area (Å²) >= 11 is 1.53. The summed E-state index contributed by atoms with van der Waals surface area (Å²) in [6.45, 7) is 5.51. The van der Waals surface area contributed by atoms with Crippen molar-refractivity contribution >= 4 is 17.2 Å². The van der Waals surface area contributed by atoms with Gasteiger partial charge in [-0.25, -0.2) is 0 Å². The maximum absolute atomic E-state index is 12.5. The van der Waals surface area contributed by atoms with E-state index in [0.717, 1.165) is 26.8 Å². The molecule has 2 aromatic rings. The fourth-order valence-electron chi connectivity index (χ4n) is 2.29. The second kappa shape index (κ2) is 5.77. The molecular weight excluding hydrogens is 286 g/mol. The number of hydrogen-bond donors (Lipinski definition) is 0. The highest BCUT2D eigenvalue weighted by atomic mass is 32.1. The number of carbonyl (C=O) groups excluding carboxylic acids is 1. The van der Waals surface area contributed by atoms with E-state index in [0.29, 0.717) is 13.1 Å². The average Bonchev–Trinajstić information content (AvgIpc) is 3.12. The van der Waals surface area contributed by atoms with Crippen LogP contribution in [-0.2, 0) is 6.54 Å². The molecule has 1 amide bonds. The van der Waals surface area contributed by atoms with Crippen molar-refractivity contribution in [1.82, 2.24) is 4.90 Å². The first-order valence-electron chi connectivity index (χ1n) is 6.91. The summed E-state index contributed by atoms with van der Waals surface area (Å²) in [7, 11) is 0. The Morgan fingerprint density at radius 2 is 2.05 bits per heavy atom. The van der Waals surface area contributed by atoms with E-state index in [-0.39, 0.29) is 12.7 Å². The second-order valence-electron chi connectivity index (χ2n) is 4.92. The molecule has 0 saturated carbocycles. The molecular formula is C16H17NO3S. The number of thiophene rings is 1. The highest BCUT2D eigenvalue weighted by Crippen LogP contribution is 2.33. The fraction of sp³-hybridized carbons (Fsp3) is 0.312. The molecule has 0 bridgehead atoms. The lowest BCUT2D eigenvalue weighted by molar-refractivity contribution is 0.0757. The average molecular weight is 303 g/mol. The minimum Gasteiger partial charge on any atom is -0.454 e. The van der Waals surface area contributed by atoms with Gasteiger partial charge in [0.1, 0.15) is 0 Å². The van der Waals surface area contributed by atoms with E-state index in [4.69, 9.17) is 9.47 Å². The number of benzene rings is 1. The van der Waals surface area contributed by atoms with Gasteiger partial charge in [0.05, 0.1) is 4.88 Å². The van der Waals surface area contributed by atoms with Gasteiger partial charge in [0.2, 0.25) is 6.79 Å². The van der Waals surface area contributed by atoms with Crippen LogP contribution in [0, 0.1) is 6.92 Å². The Balaban J connectivity index is 1.76. The number of fused-ring (bicyclic) bond motifs is 1. The van der Waals surface area contributed by atoms with Crippen LogP contribution in [0.2, 0.25) is 0 Å². The largest absolute Gasteiger partial charge is 0.454 e. The Hall–Kier alpha value is -2.01. The summed E-state index contributed by atoms with van der Waals surface area (Å²) in [4.78, 5) is 16.3. The van der Waals surface area contributed by atoms with Crippen LogP contribution >= 0.6 is 11.3 Å². The molecule has 1 aliphatic heterocycles. The van der Waals surface area contributed by atoms with Gasteiger partial charge in [0.25, 0.3) is 5.91 Å². The molecule has 21 heavy (non-hydrogen) atoms. The minimum absolute atomic E-state index is 0.0771. The van der Waals surface area contributed by atoms with Crippen molar-refractivity contribution in [1.29, 1.82) is 0 Å². The number of carbonyl (C=O) groups is 1. The van der Waals surface area contributed by atoms with Gasteiger partial charge < -0.3 is 14.4 Å². The fourth-order valence-corrected chi connectivity index (χ4v) is 3.13. The maximum atomic E-state index is 12.5. The molecule has 0 fully saturated rings.